The Balaban J connectivity index is 1.63. The molecule has 0 spiro atoms. The smallest absolute Gasteiger partial charge is 0.390 e. The van der Waals surface area contributed by atoms with Gasteiger partial charge in [-0.2, -0.15) is 13.2 Å². The Kier molecular flexibility index (Phi) is 5.79. The van der Waals surface area contributed by atoms with Crippen LogP contribution in [0.25, 0.3) is 0 Å². The van der Waals surface area contributed by atoms with Gasteiger partial charge in [0, 0.05) is 18.7 Å². The normalized spacial score (nSPS) is 28.3. The fraction of sp³-hybridized carbons (Fsp3) is 0.632. The van der Waals surface area contributed by atoms with Gasteiger partial charge in [-0.1, -0.05) is 18.2 Å². The number of nitrogens with zero attached hydrogens (tertiary/aromatic N) is 2. The molecule has 0 bridgehead atoms. The van der Waals surface area contributed by atoms with Gasteiger partial charge in [-0.3, -0.25) is 4.79 Å². The van der Waals surface area contributed by atoms with Crippen LogP contribution < -0.4 is 0 Å². The van der Waals surface area contributed by atoms with E-state index in [9.17, 15) is 28.2 Å². The lowest BCUT2D eigenvalue weighted by molar-refractivity contribution is -0.188. The first kappa shape index (κ1) is 20.1. The van der Waals surface area contributed by atoms with Crippen LogP contribution in [0.5, 0.6) is 0 Å². The molecule has 0 unspecified atom stereocenters. The zero-order chi connectivity index (χ0) is 19.7. The molecule has 3 rings (SSSR count). The number of hydrogen-bond acceptors (Lipinski definition) is 4. The molecule has 1 aromatic rings. The molecule has 2 aliphatic heterocycles. The summed E-state index contributed by atoms with van der Waals surface area (Å²) >= 11 is 0. The summed E-state index contributed by atoms with van der Waals surface area (Å²) in [6, 6.07) is 8.69. The first-order valence-corrected chi connectivity index (χ1v) is 9.23. The van der Waals surface area contributed by atoms with E-state index < -0.39 is 23.8 Å². The van der Waals surface area contributed by atoms with E-state index in [0.717, 1.165) is 0 Å². The second-order valence-corrected chi connectivity index (χ2v) is 7.59. The van der Waals surface area contributed by atoms with Crippen molar-refractivity contribution in [3.8, 4) is 0 Å². The van der Waals surface area contributed by atoms with E-state index in [2.05, 4.69) is 0 Å². The minimum Gasteiger partial charge on any atom is -0.390 e. The molecule has 0 saturated carbocycles. The lowest BCUT2D eigenvalue weighted by Gasteiger charge is -2.46. The predicted molar refractivity (Wildman–Crippen MR) is 93.1 cm³/mol. The van der Waals surface area contributed by atoms with Crippen LogP contribution in [0.15, 0.2) is 30.3 Å². The van der Waals surface area contributed by atoms with Crippen molar-refractivity contribution < 1.29 is 28.2 Å². The van der Waals surface area contributed by atoms with E-state index in [-0.39, 0.29) is 51.3 Å². The van der Waals surface area contributed by atoms with Gasteiger partial charge in [0.05, 0.1) is 18.6 Å². The first-order valence-electron chi connectivity index (χ1n) is 9.23. The molecule has 2 N–H and O–H groups in total. The van der Waals surface area contributed by atoms with Crippen molar-refractivity contribution in [3.63, 3.8) is 0 Å². The Morgan fingerprint density at radius 1 is 1.11 bits per heavy atom. The highest BCUT2D eigenvalue weighted by Crippen LogP contribution is 2.35. The summed E-state index contributed by atoms with van der Waals surface area (Å²) in [6.07, 6.45) is -5.00. The lowest BCUT2D eigenvalue weighted by Crippen LogP contribution is -2.63. The van der Waals surface area contributed by atoms with E-state index in [0.29, 0.717) is 12.1 Å². The van der Waals surface area contributed by atoms with Crippen LogP contribution >= 0.6 is 0 Å². The van der Waals surface area contributed by atoms with Crippen molar-refractivity contribution in [1.29, 1.82) is 0 Å². The van der Waals surface area contributed by atoms with Crippen molar-refractivity contribution in [2.24, 2.45) is 5.92 Å². The highest BCUT2D eigenvalue weighted by molar-refractivity contribution is 5.94. The van der Waals surface area contributed by atoms with Gasteiger partial charge in [-0.05, 0) is 44.5 Å². The number of β-amino-alcohol motifs (C(OH)–C–C–N with tert-alkyl or cyclic N) is 1. The Hall–Kier alpha value is -1.64. The molecule has 1 aromatic carbocycles. The molecule has 2 aliphatic rings. The zero-order valence-corrected chi connectivity index (χ0v) is 15.0. The average molecular weight is 386 g/mol. The van der Waals surface area contributed by atoms with E-state index >= 15 is 0 Å². The number of hydrogen-bond donors (Lipinski definition) is 2. The quantitative estimate of drug-likeness (QED) is 0.833. The summed E-state index contributed by atoms with van der Waals surface area (Å²) in [5.74, 6) is -1.53. The van der Waals surface area contributed by atoms with Crippen molar-refractivity contribution in [2.45, 2.75) is 37.1 Å². The van der Waals surface area contributed by atoms with E-state index in [1.54, 1.807) is 35.2 Å². The summed E-state index contributed by atoms with van der Waals surface area (Å²) in [6.45, 7) is 0.767. The molecule has 2 atom stereocenters. The average Bonchev–Trinajstić information content (AvgIpc) is 2.64. The molecular formula is C19H25F3N2O3. The summed E-state index contributed by atoms with van der Waals surface area (Å²) in [5, 5.41) is 21.3. The molecule has 150 valence electrons. The molecule has 27 heavy (non-hydrogen) atoms. The predicted octanol–water partition coefficient (Wildman–Crippen LogP) is 1.90. The summed E-state index contributed by atoms with van der Waals surface area (Å²) in [4.78, 5) is 15.9. The number of likely N-dealkylation sites (tertiary alicyclic amines) is 2. The third-order valence-corrected chi connectivity index (χ3v) is 5.61. The standard InChI is InChI=1S/C19H25F3N2O3/c20-19(21,22)15-6-9-23(10-7-15)12-18(27)13-24(11-8-16(18)25)17(26)14-4-2-1-3-5-14/h1-5,15-16,25,27H,6-13H2/t16-,18+/m0/s1. The van der Waals surface area contributed by atoms with Gasteiger partial charge < -0.3 is 20.0 Å². The summed E-state index contributed by atoms with van der Waals surface area (Å²) in [7, 11) is 0. The monoisotopic (exact) mass is 386 g/mol. The maximum atomic E-state index is 12.8. The van der Waals surface area contributed by atoms with Gasteiger partial charge in [0.15, 0.2) is 0 Å². The SMILES string of the molecule is O=C(c1ccccc1)N1CC[C@H](O)[C@@](O)(CN2CCC(C(F)(F)F)CC2)C1. The molecular weight excluding hydrogens is 361 g/mol. The Morgan fingerprint density at radius 3 is 2.33 bits per heavy atom. The second kappa shape index (κ2) is 7.77. The summed E-state index contributed by atoms with van der Waals surface area (Å²) < 4.78 is 38.4. The topological polar surface area (TPSA) is 64.0 Å². The minimum absolute atomic E-state index is 0.0116. The number of alkyl halides is 3. The van der Waals surface area contributed by atoms with Crippen molar-refractivity contribution in [1.82, 2.24) is 9.80 Å². The Morgan fingerprint density at radius 2 is 1.74 bits per heavy atom. The van der Waals surface area contributed by atoms with Crippen molar-refractivity contribution >= 4 is 5.91 Å². The highest BCUT2D eigenvalue weighted by atomic mass is 19.4. The molecule has 2 saturated heterocycles. The fourth-order valence-corrected chi connectivity index (χ4v) is 3.96. The third-order valence-electron chi connectivity index (χ3n) is 5.61. The minimum atomic E-state index is -4.19. The molecule has 0 radical (unpaired) electrons. The van der Waals surface area contributed by atoms with Crippen molar-refractivity contribution in [3.05, 3.63) is 35.9 Å². The van der Waals surface area contributed by atoms with E-state index in [1.807, 2.05) is 0 Å². The number of benzene rings is 1. The third kappa shape index (κ3) is 4.62. The molecule has 8 heteroatoms. The maximum Gasteiger partial charge on any atom is 0.391 e. The number of piperidine rings is 2. The molecule has 0 aromatic heterocycles. The van der Waals surface area contributed by atoms with Crippen LogP contribution in [0.2, 0.25) is 0 Å². The molecule has 1 amide bonds. The van der Waals surface area contributed by atoms with Crippen LogP contribution in [0.4, 0.5) is 13.2 Å². The van der Waals surface area contributed by atoms with Gasteiger partial charge in [-0.25, -0.2) is 0 Å². The van der Waals surface area contributed by atoms with Crippen LogP contribution in [-0.4, -0.2) is 76.5 Å². The van der Waals surface area contributed by atoms with E-state index in [1.165, 1.54) is 4.90 Å². The lowest BCUT2D eigenvalue weighted by atomic mass is 9.87. The van der Waals surface area contributed by atoms with Crippen molar-refractivity contribution in [2.75, 3.05) is 32.7 Å². The molecule has 5 nitrogen and oxygen atoms in total. The van der Waals surface area contributed by atoms with Gasteiger partial charge in [0.2, 0.25) is 0 Å². The number of aliphatic hydroxyl groups excluding tert-OH is 1. The fourth-order valence-electron chi connectivity index (χ4n) is 3.96. The van der Waals surface area contributed by atoms with Crippen LogP contribution in [0, 0.1) is 5.92 Å². The molecule has 0 aliphatic carbocycles. The Labute approximate surface area is 156 Å². The highest BCUT2D eigenvalue weighted by Gasteiger charge is 2.46. The van der Waals surface area contributed by atoms with Gasteiger partial charge in [0.25, 0.3) is 5.91 Å². The van der Waals surface area contributed by atoms with Gasteiger partial charge in [0.1, 0.15) is 5.60 Å². The van der Waals surface area contributed by atoms with Crippen LogP contribution in [0.3, 0.4) is 0 Å². The number of halogens is 3. The second-order valence-electron chi connectivity index (χ2n) is 7.59. The number of carbonyl (C=O) groups is 1. The van der Waals surface area contributed by atoms with Gasteiger partial charge in [-0.15, -0.1) is 0 Å². The van der Waals surface area contributed by atoms with E-state index in [4.69, 9.17) is 0 Å². The summed E-state index contributed by atoms with van der Waals surface area (Å²) in [5.41, 5.74) is -1.05. The van der Waals surface area contributed by atoms with Crippen LogP contribution in [-0.2, 0) is 0 Å². The molecule has 2 heterocycles. The largest absolute Gasteiger partial charge is 0.391 e. The number of carbonyl (C=O) groups excluding carboxylic acids is 1. The number of amides is 1. The zero-order valence-electron chi connectivity index (χ0n) is 15.0. The molecule has 2 fully saturated rings. The Bertz CT molecular complexity index is 647. The maximum absolute atomic E-state index is 12.8. The van der Waals surface area contributed by atoms with Gasteiger partial charge >= 0.3 is 6.18 Å². The van der Waals surface area contributed by atoms with Crippen LogP contribution in [0.1, 0.15) is 29.6 Å². The first-order chi connectivity index (χ1) is 12.7. The number of rotatable bonds is 3. The number of aliphatic hydroxyl groups is 2.